The van der Waals surface area contributed by atoms with Crippen molar-refractivity contribution in [2.24, 2.45) is 0 Å². The van der Waals surface area contributed by atoms with Gasteiger partial charge in [-0.15, -0.1) is 0 Å². The molecule has 0 aromatic carbocycles. The van der Waals surface area contributed by atoms with Gasteiger partial charge in [-0.1, -0.05) is 0 Å². The van der Waals surface area contributed by atoms with E-state index >= 15 is 0 Å². The molecule has 0 radical (unpaired) electrons. The molecule has 0 saturated carbocycles. The molecule has 0 spiro atoms. The molecule has 12 heavy (non-hydrogen) atoms. The maximum atomic E-state index is 8.68. The average Bonchev–Trinajstić information content (AvgIpc) is 2.46. The average molecular weight is 222 g/mol. The minimum Gasteiger partial charge on any atom is -0.360 e. The molecule has 2 heterocycles. The highest BCUT2D eigenvalue weighted by molar-refractivity contribution is 9.10. The molecule has 1 N–H and O–H groups in total. The van der Waals surface area contributed by atoms with Crippen molar-refractivity contribution in [1.29, 1.82) is 5.26 Å². The lowest BCUT2D eigenvalue weighted by Crippen LogP contribution is -1.75. The number of halogens is 1. The number of aromatic amines is 1. The largest absolute Gasteiger partial charge is 0.360 e. The molecule has 2 aromatic heterocycles. The molecular weight excluding hydrogens is 218 g/mol. The zero-order valence-corrected chi connectivity index (χ0v) is 7.59. The van der Waals surface area contributed by atoms with Gasteiger partial charge in [0.1, 0.15) is 10.7 Å². The quantitative estimate of drug-likeness (QED) is 0.694. The highest BCUT2D eigenvalue weighted by atomic mass is 79.9. The molecule has 0 fully saturated rings. The minimum atomic E-state index is 0.630. The number of hydrogen-bond donors (Lipinski definition) is 1. The van der Waals surface area contributed by atoms with Crippen molar-refractivity contribution in [3.05, 3.63) is 28.6 Å². The Bertz CT molecular complexity index is 467. The number of fused-ring (bicyclic) bond motifs is 1. The molecule has 58 valence electrons. The zero-order valence-electron chi connectivity index (χ0n) is 6.00. The first-order valence-electron chi connectivity index (χ1n) is 3.34. The number of pyridine rings is 1. The van der Waals surface area contributed by atoms with E-state index in [1.165, 1.54) is 0 Å². The Kier molecular flexibility index (Phi) is 1.59. The number of nitrogens with one attached hydrogen (secondary N) is 1. The van der Waals surface area contributed by atoms with Gasteiger partial charge >= 0.3 is 0 Å². The molecule has 0 bridgehead atoms. The highest BCUT2D eigenvalue weighted by Gasteiger charge is 2.02. The van der Waals surface area contributed by atoms with Crippen LogP contribution in [0, 0.1) is 11.3 Å². The molecule has 0 aliphatic carbocycles. The van der Waals surface area contributed by atoms with E-state index in [9.17, 15) is 0 Å². The first-order chi connectivity index (χ1) is 5.81. The predicted octanol–water partition coefficient (Wildman–Crippen LogP) is 2.20. The molecular formula is C8H4BrN3. The predicted molar refractivity (Wildman–Crippen MR) is 48.5 cm³/mol. The maximum absolute atomic E-state index is 8.68. The Morgan fingerprint density at radius 2 is 2.42 bits per heavy atom. The third-order valence-corrected chi connectivity index (χ3v) is 2.09. The maximum Gasteiger partial charge on any atom is 0.108 e. The number of nitriles is 1. The monoisotopic (exact) mass is 221 g/mol. The van der Waals surface area contributed by atoms with E-state index in [4.69, 9.17) is 5.26 Å². The SMILES string of the molecule is N#Cc1c[nH]c2cc(Br)ncc12. The first-order valence-corrected chi connectivity index (χ1v) is 4.13. The summed E-state index contributed by atoms with van der Waals surface area (Å²) in [5.41, 5.74) is 1.55. The Morgan fingerprint density at radius 1 is 1.58 bits per heavy atom. The first kappa shape index (κ1) is 7.32. The Labute approximate surface area is 77.2 Å². The van der Waals surface area contributed by atoms with Crippen LogP contribution in [0.1, 0.15) is 5.56 Å². The Balaban J connectivity index is 2.84. The minimum absolute atomic E-state index is 0.630. The molecule has 0 unspecified atom stereocenters. The van der Waals surface area contributed by atoms with Crippen molar-refractivity contribution in [2.75, 3.05) is 0 Å². The van der Waals surface area contributed by atoms with E-state index < -0.39 is 0 Å². The highest BCUT2D eigenvalue weighted by Crippen LogP contribution is 2.18. The van der Waals surface area contributed by atoms with E-state index in [1.807, 2.05) is 6.07 Å². The number of aromatic nitrogens is 2. The van der Waals surface area contributed by atoms with Crippen molar-refractivity contribution in [3.8, 4) is 6.07 Å². The normalized spacial score (nSPS) is 10.0. The van der Waals surface area contributed by atoms with E-state index in [2.05, 4.69) is 32.0 Å². The van der Waals surface area contributed by atoms with E-state index in [0.717, 1.165) is 15.5 Å². The lowest BCUT2D eigenvalue weighted by molar-refractivity contribution is 1.30. The molecule has 0 amide bonds. The van der Waals surface area contributed by atoms with Gasteiger partial charge in [0, 0.05) is 17.8 Å². The van der Waals surface area contributed by atoms with E-state index in [1.54, 1.807) is 12.4 Å². The molecule has 0 aliphatic rings. The molecule has 0 saturated heterocycles. The summed E-state index contributed by atoms with van der Waals surface area (Å²) >= 11 is 3.25. The lowest BCUT2D eigenvalue weighted by Gasteiger charge is -1.89. The third kappa shape index (κ3) is 0.990. The Morgan fingerprint density at radius 3 is 3.17 bits per heavy atom. The summed E-state index contributed by atoms with van der Waals surface area (Å²) < 4.78 is 0.765. The van der Waals surface area contributed by atoms with Gasteiger partial charge in [-0.2, -0.15) is 5.26 Å². The molecule has 4 heteroatoms. The number of nitrogens with zero attached hydrogens (tertiary/aromatic N) is 2. The van der Waals surface area contributed by atoms with Crippen LogP contribution < -0.4 is 0 Å². The molecule has 2 aromatic rings. The summed E-state index contributed by atoms with van der Waals surface area (Å²) in [4.78, 5) is 7.02. The lowest BCUT2D eigenvalue weighted by atomic mass is 10.2. The molecule has 0 aliphatic heterocycles. The van der Waals surface area contributed by atoms with Crippen molar-refractivity contribution in [1.82, 2.24) is 9.97 Å². The summed E-state index contributed by atoms with van der Waals surface area (Å²) in [7, 11) is 0. The van der Waals surface area contributed by atoms with Gasteiger partial charge < -0.3 is 4.98 Å². The van der Waals surface area contributed by atoms with Gasteiger partial charge in [0.05, 0.1) is 11.1 Å². The van der Waals surface area contributed by atoms with Gasteiger partial charge in [-0.3, -0.25) is 0 Å². The standard InChI is InChI=1S/C8H4BrN3/c9-8-1-7-6(4-12-8)5(2-10)3-11-7/h1,3-4,11H. The van der Waals surface area contributed by atoms with Gasteiger partial charge in [0.2, 0.25) is 0 Å². The van der Waals surface area contributed by atoms with Crippen molar-refractivity contribution < 1.29 is 0 Å². The molecule has 3 nitrogen and oxygen atoms in total. The van der Waals surface area contributed by atoms with Crippen LogP contribution in [0.5, 0.6) is 0 Å². The number of rotatable bonds is 0. The topological polar surface area (TPSA) is 52.5 Å². The number of hydrogen-bond acceptors (Lipinski definition) is 2. The van der Waals surface area contributed by atoms with Crippen molar-refractivity contribution in [3.63, 3.8) is 0 Å². The van der Waals surface area contributed by atoms with Crippen molar-refractivity contribution >= 4 is 26.8 Å². The second-order valence-electron chi connectivity index (χ2n) is 2.37. The van der Waals surface area contributed by atoms with Crippen molar-refractivity contribution in [2.45, 2.75) is 0 Å². The second kappa shape index (κ2) is 2.61. The fourth-order valence-electron chi connectivity index (χ4n) is 1.08. The fraction of sp³-hybridized carbons (Fsp3) is 0. The van der Waals surface area contributed by atoms with E-state index in [0.29, 0.717) is 5.56 Å². The number of H-pyrrole nitrogens is 1. The van der Waals surface area contributed by atoms with E-state index in [-0.39, 0.29) is 0 Å². The van der Waals surface area contributed by atoms with Crippen LogP contribution >= 0.6 is 15.9 Å². The Hall–Kier alpha value is -1.34. The van der Waals surface area contributed by atoms with Crippen LogP contribution in [0.15, 0.2) is 23.1 Å². The summed E-state index contributed by atoms with van der Waals surface area (Å²) in [5, 5.41) is 9.55. The van der Waals surface area contributed by atoms with Gasteiger partial charge in [-0.25, -0.2) is 4.98 Å². The van der Waals surface area contributed by atoms with Crippen LogP contribution in [0.25, 0.3) is 10.9 Å². The van der Waals surface area contributed by atoms with Crippen LogP contribution in [0.4, 0.5) is 0 Å². The fourth-order valence-corrected chi connectivity index (χ4v) is 1.42. The molecule has 0 atom stereocenters. The summed E-state index contributed by atoms with van der Waals surface area (Å²) in [6.07, 6.45) is 3.35. The smallest absolute Gasteiger partial charge is 0.108 e. The molecule has 2 rings (SSSR count). The van der Waals surface area contributed by atoms with Crippen LogP contribution in [-0.2, 0) is 0 Å². The van der Waals surface area contributed by atoms with Gasteiger partial charge in [0.25, 0.3) is 0 Å². The third-order valence-electron chi connectivity index (χ3n) is 1.65. The van der Waals surface area contributed by atoms with Gasteiger partial charge in [-0.05, 0) is 22.0 Å². The second-order valence-corrected chi connectivity index (χ2v) is 3.18. The zero-order chi connectivity index (χ0) is 8.55. The van der Waals surface area contributed by atoms with Crippen LogP contribution in [0.2, 0.25) is 0 Å². The van der Waals surface area contributed by atoms with Gasteiger partial charge in [0.15, 0.2) is 0 Å². The summed E-state index contributed by atoms with van der Waals surface area (Å²) in [6, 6.07) is 3.93. The van der Waals surface area contributed by atoms with Crippen LogP contribution in [0.3, 0.4) is 0 Å². The summed E-state index contributed by atoms with van der Waals surface area (Å²) in [6.45, 7) is 0. The van der Waals surface area contributed by atoms with Crippen LogP contribution in [-0.4, -0.2) is 9.97 Å². The summed E-state index contributed by atoms with van der Waals surface area (Å²) in [5.74, 6) is 0.